The summed E-state index contributed by atoms with van der Waals surface area (Å²) in [6.45, 7) is 0.425. The van der Waals surface area contributed by atoms with Crippen molar-refractivity contribution in [1.82, 2.24) is 0 Å². The van der Waals surface area contributed by atoms with Crippen LogP contribution in [0.5, 0.6) is 5.75 Å². The van der Waals surface area contributed by atoms with Crippen molar-refractivity contribution in [3.63, 3.8) is 0 Å². The number of hydrogen-bond acceptors (Lipinski definition) is 4. The fourth-order valence-corrected chi connectivity index (χ4v) is 3.90. The monoisotopic (exact) mass is 453 g/mol. The zero-order valence-corrected chi connectivity index (χ0v) is 17.2. The first-order chi connectivity index (χ1) is 13.5. The molecular formula is C22H16BrNO3S. The van der Waals surface area contributed by atoms with Gasteiger partial charge in [-0.15, -0.1) is 0 Å². The third-order valence-corrected chi connectivity index (χ3v) is 6.16. The minimum Gasteiger partial charge on any atom is -0.489 e. The number of nitriles is 1. The van der Waals surface area contributed by atoms with Crippen molar-refractivity contribution in [2.24, 2.45) is 0 Å². The highest BCUT2D eigenvalue weighted by Gasteiger charge is 2.20. The fraction of sp³-hybridized carbons (Fsp3) is 0.0455. The van der Waals surface area contributed by atoms with Gasteiger partial charge in [0, 0.05) is 4.47 Å². The normalized spacial score (nSPS) is 11.6. The molecule has 0 atom stereocenters. The van der Waals surface area contributed by atoms with Crippen molar-refractivity contribution in [1.29, 1.82) is 5.26 Å². The van der Waals surface area contributed by atoms with E-state index in [9.17, 15) is 13.7 Å². The van der Waals surface area contributed by atoms with E-state index in [1.54, 1.807) is 48.5 Å². The zero-order valence-electron chi connectivity index (χ0n) is 14.7. The van der Waals surface area contributed by atoms with E-state index in [0.29, 0.717) is 17.9 Å². The second kappa shape index (κ2) is 8.87. The maximum absolute atomic E-state index is 12.6. The largest absolute Gasteiger partial charge is 0.489 e. The standard InChI is InChI=1S/C22H16BrNO3S/c23-19-10-6-18(7-11-19)16-27-20-12-8-17(9-13-20)14-22(15-24)28(25,26)21-4-2-1-3-5-21/h1-14H,16H2. The van der Waals surface area contributed by atoms with Crippen LogP contribution in [0.4, 0.5) is 0 Å². The summed E-state index contributed by atoms with van der Waals surface area (Å²) in [6, 6.07) is 24.5. The maximum Gasteiger partial charge on any atom is 0.216 e. The minimum absolute atomic E-state index is 0.0947. The zero-order chi connectivity index (χ0) is 20.0. The Balaban J connectivity index is 1.75. The third kappa shape index (κ3) is 4.89. The average Bonchev–Trinajstić information content (AvgIpc) is 2.73. The number of benzene rings is 3. The smallest absolute Gasteiger partial charge is 0.216 e. The lowest BCUT2D eigenvalue weighted by Crippen LogP contribution is -2.03. The molecule has 28 heavy (non-hydrogen) atoms. The highest BCUT2D eigenvalue weighted by molar-refractivity contribution is 9.10. The van der Waals surface area contributed by atoms with Gasteiger partial charge in [-0.1, -0.05) is 58.4 Å². The van der Waals surface area contributed by atoms with Gasteiger partial charge in [0.25, 0.3) is 0 Å². The van der Waals surface area contributed by atoms with E-state index in [1.807, 2.05) is 24.3 Å². The lowest BCUT2D eigenvalue weighted by Gasteiger charge is -2.07. The van der Waals surface area contributed by atoms with Crippen molar-refractivity contribution < 1.29 is 13.2 Å². The summed E-state index contributed by atoms with van der Waals surface area (Å²) in [5.41, 5.74) is 1.64. The van der Waals surface area contributed by atoms with Crippen molar-refractivity contribution in [2.45, 2.75) is 11.5 Å². The highest BCUT2D eigenvalue weighted by atomic mass is 79.9. The summed E-state index contributed by atoms with van der Waals surface area (Å²) in [7, 11) is -3.84. The van der Waals surface area contributed by atoms with Crippen molar-refractivity contribution >= 4 is 31.8 Å². The molecule has 140 valence electrons. The molecule has 3 aromatic carbocycles. The average molecular weight is 454 g/mol. The SMILES string of the molecule is N#CC(=Cc1ccc(OCc2ccc(Br)cc2)cc1)S(=O)(=O)c1ccccc1. The number of sulfone groups is 1. The van der Waals surface area contributed by atoms with E-state index in [2.05, 4.69) is 15.9 Å². The van der Waals surface area contributed by atoms with E-state index in [-0.39, 0.29) is 9.80 Å². The third-order valence-electron chi connectivity index (χ3n) is 3.95. The summed E-state index contributed by atoms with van der Waals surface area (Å²) in [5, 5.41) is 9.34. The predicted molar refractivity (Wildman–Crippen MR) is 112 cm³/mol. The molecule has 4 nitrogen and oxygen atoms in total. The molecule has 0 amide bonds. The number of halogens is 1. The first kappa shape index (κ1) is 19.9. The van der Waals surface area contributed by atoms with Crippen LogP contribution in [0, 0.1) is 11.3 Å². The molecular weight excluding hydrogens is 438 g/mol. The van der Waals surface area contributed by atoms with Crippen LogP contribution < -0.4 is 4.74 Å². The van der Waals surface area contributed by atoms with E-state index < -0.39 is 9.84 Å². The molecule has 0 bridgehead atoms. The van der Waals surface area contributed by atoms with Gasteiger partial charge in [0.15, 0.2) is 0 Å². The minimum atomic E-state index is -3.84. The van der Waals surface area contributed by atoms with Crippen LogP contribution >= 0.6 is 15.9 Å². The molecule has 0 N–H and O–H groups in total. The second-order valence-corrected chi connectivity index (χ2v) is 8.75. The van der Waals surface area contributed by atoms with Crippen LogP contribution in [0.15, 0.2) is 93.1 Å². The first-order valence-corrected chi connectivity index (χ1v) is 10.7. The second-order valence-electron chi connectivity index (χ2n) is 5.92. The molecule has 0 unspecified atom stereocenters. The molecule has 0 saturated carbocycles. The molecule has 6 heteroatoms. The fourth-order valence-electron chi connectivity index (χ4n) is 2.46. The molecule has 0 radical (unpaired) electrons. The van der Waals surface area contributed by atoms with Crippen molar-refractivity contribution in [3.8, 4) is 11.8 Å². The van der Waals surface area contributed by atoms with Crippen LogP contribution in [0.1, 0.15) is 11.1 Å². The van der Waals surface area contributed by atoms with Gasteiger partial charge in [0.1, 0.15) is 23.3 Å². The van der Waals surface area contributed by atoms with Gasteiger partial charge in [0.2, 0.25) is 9.84 Å². The lowest BCUT2D eigenvalue weighted by atomic mass is 10.2. The van der Waals surface area contributed by atoms with Gasteiger partial charge >= 0.3 is 0 Å². The molecule has 0 aliphatic heterocycles. The van der Waals surface area contributed by atoms with Gasteiger partial charge in [-0.3, -0.25) is 0 Å². The summed E-state index contributed by atoms with van der Waals surface area (Å²) in [5.74, 6) is 0.657. The number of hydrogen-bond donors (Lipinski definition) is 0. The highest BCUT2D eigenvalue weighted by Crippen LogP contribution is 2.22. The van der Waals surface area contributed by atoms with Gasteiger partial charge in [0.05, 0.1) is 4.90 Å². The molecule has 3 rings (SSSR count). The molecule has 0 aromatic heterocycles. The predicted octanol–water partition coefficient (Wildman–Crippen LogP) is 5.37. The molecule has 0 heterocycles. The number of rotatable bonds is 6. The number of nitrogens with zero attached hydrogens (tertiary/aromatic N) is 1. The Morgan fingerprint density at radius 2 is 1.61 bits per heavy atom. The van der Waals surface area contributed by atoms with Gasteiger partial charge in [-0.25, -0.2) is 8.42 Å². The number of allylic oxidation sites excluding steroid dienone is 1. The molecule has 0 aliphatic carbocycles. The van der Waals surface area contributed by atoms with E-state index in [4.69, 9.17) is 4.74 Å². The molecule has 0 saturated heterocycles. The van der Waals surface area contributed by atoms with Crippen molar-refractivity contribution in [3.05, 3.63) is 99.4 Å². The van der Waals surface area contributed by atoms with Gasteiger partial charge in [-0.2, -0.15) is 5.26 Å². The van der Waals surface area contributed by atoms with E-state index in [1.165, 1.54) is 18.2 Å². The molecule has 0 aliphatic rings. The lowest BCUT2D eigenvalue weighted by molar-refractivity contribution is 0.306. The van der Waals surface area contributed by atoms with E-state index in [0.717, 1.165) is 10.0 Å². The first-order valence-electron chi connectivity index (χ1n) is 8.38. The maximum atomic E-state index is 12.6. The van der Waals surface area contributed by atoms with Crippen LogP contribution in [0.25, 0.3) is 6.08 Å². The van der Waals surface area contributed by atoms with Crippen LogP contribution in [0.3, 0.4) is 0 Å². The molecule has 0 fully saturated rings. The van der Waals surface area contributed by atoms with Gasteiger partial charge in [-0.05, 0) is 53.6 Å². The summed E-state index contributed by atoms with van der Waals surface area (Å²) < 4.78 is 31.9. The van der Waals surface area contributed by atoms with Crippen molar-refractivity contribution in [2.75, 3.05) is 0 Å². The Morgan fingerprint density at radius 1 is 0.964 bits per heavy atom. The number of ether oxygens (including phenoxy) is 1. The molecule has 3 aromatic rings. The summed E-state index contributed by atoms with van der Waals surface area (Å²) in [6.07, 6.45) is 1.36. The van der Waals surface area contributed by atoms with Gasteiger partial charge < -0.3 is 4.74 Å². The van der Waals surface area contributed by atoms with Crippen LogP contribution in [-0.2, 0) is 16.4 Å². The Kier molecular flexibility index (Phi) is 6.30. The Morgan fingerprint density at radius 3 is 2.21 bits per heavy atom. The topological polar surface area (TPSA) is 67.2 Å². The summed E-state index contributed by atoms with van der Waals surface area (Å²) >= 11 is 3.39. The quantitative estimate of drug-likeness (QED) is 0.470. The summed E-state index contributed by atoms with van der Waals surface area (Å²) in [4.78, 5) is -0.209. The Hall–Kier alpha value is -2.88. The van der Waals surface area contributed by atoms with Crippen LogP contribution in [-0.4, -0.2) is 8.42 Å². The molecule has 0 spiro atoms. The van der Waals surface area contributed by atoms with Crippen LogP contribution in [0.2, 0.25) is 0 Å². The Bertz CT molecular complexity index is 1120. The Labute approximate surface area is 172 Å². The van der Waals surface area contributed by atoms with E-state index >= 15 is 0 Å².